The Morgan fingerprint density at radius 1 is 1.16 bits per heavy atom. The van der Waals surface area contributed by atoms with Crippen molar-refractivity contribution < 1.29 is 4.74 Å². The quantitative estimate of drug-likeness (QED) is 0.621. The number of aromatic nitrogens is 5. The van der Waals surface area contributed by atoms with Gasteiger partial charge < -0.3 is 14.5 Å². The van der Waals surface area contributed by atoms with E-state index in [2.05, 4.69) is 38.7 Å². The Balaban J connectivity index is 1.45. The predicted octanol–water partition coefficient (Wildman–Crippen LogP) is 2.63. The number of anilines is 1. The van der Waals surface area contributed by atoms with E-state index in [1.54, 1.807) is 13.3 Å². The van der Waals surface area contributed by atoms with Gasteiger partial charge in [-0.05, 0) is 31.0 Å². The van der Waals surface area contributed by atoms with Crippen molar-refractivity contribution in [3.8, 4) is 11.1 Å². The smallest absolute Gasteiger partial charge is 0.241 e. The normalized spacial score (nSPS) is 20.0. The Bertz CT molecular complexity index is 1050. The minimum absolute atomic E-state index is 0.359. The van der Waals surface area contributed by atoms with Gasteiger partial charge in [0.1, 0.15) is 5.65 Å². The van der Waals surface area contributed by atoms with Crippen molar-refractivity contribution in [2.75, 3.05) is 12.4 Å². The molecule has 1 N–H and O–H groups in total. The maximum Gasteiger partial charge on any atom is 0.241 e. The number of nitrogens with zero attached hydrogens (tertiary/aromatic N) is 5. The summed E-state index contributed by atoms with van der Waals surface area (Å²) in [5.41, 5.74) is 4.13. The van der Waals surface area contributed by atoms with Gasteiger partial charge in [0, 0.05) is 49.1 Å². The van der Waals surface area contributed by atoms with Gasteiger partial charge in [0.15, 0.2) is 0 Å². The number of fused-ring (bicyclic) bond motifs is 2. The minimum Gasteiger partial charge on any atom is -0.381 e. The van der Waals surface area contributed by atoms with Crippen molar-refractivity contribution >= 4 is 17.1 Å². The summed E-state index contributed by atoms with van der Waals surface area (Å²) in [5, 5.41) is 7.95. The number of hydrogen-bond acceptors (Lipinski definition) is 5. The van der Waals surface area contributed by atoms with Crippen LogP contribution in [0.5, 0.6) is 0 Å². The molecule has 126 valence electrons. The third-order valence-electron chi connectivity index (χ3n) is 4.88. The second kappa shape index (κ2) is 5.56. The van der Waals surface area contributed by atoms with Gasteiger partial charge in [0.05, 0.1) is 17.8 Å². The van der Waals surface area contributed by atoms with Crippen LogP contribution in [0.1, 0.15) is 12.8 Å². The molecular formula is C18H18N6O. The lowest BCUT2D eigenvalue weighted by Crippen LogP contribution is -2.40. The van der Waals surface area contributed by atoms with Crippen LogP contribution in [0.15, 0.2) is 49.2 Å². The molecule has 0 aromatic carbocycles. The van der Waals surface area contributed by atoms with E-state index in [1.165, 1.54) is 0 Å². The van der Waals surface area contributed by atoms with Gasteiger partial charge in [-0.15, -0.1) is 5.10 Å². The molecule has 4 heterocycles. The summed E-state index contributed by atoms with van der Waals surface area (Å²) < 4.78 is 9.19. The molecule has 4 aromatic rings. The van der Waals surface area contributed by atoms with E-state index in [4.69, 9.17) is 4.74 Å². The van der Waals surface area contributed by atoms with Crippen molar-refractivity contribution in [1.82, 2.24) is 24.0 Å². The second-order valence-corrected chi connectivity index (χ2v) is 6.42. The van der Waals surface area contributed by atoms with E-state index in [0.29, 0.717) is 18.1 Å². The number of ether oxygens (including phenoxy) is 1. The van der Waals surface area contributed by atoms with Gasteiger partial charge in [-0.1, -0.05) is 0 Å². The SMILES string of the molecule is CO[C@H]1C[C@H](Nc2ncc3c(-c4ccc5nccn5c4)ccn3n2)C1. The van der Waals surface area contributed by atoms with Crippen LogP contribution in [0.2, 0.25) is 0 Å². The van der Waals surface area contributed by atoms with Gasteiger partial charge >= 0.3 is 0 Å². The Morgan fingerprint density at radius 2 is 2.08 bits per heavy atom. The zero-order chi connectivity index (χ0) is 16.8. The second-order valence-electron chi connectivity index (χ2n) is 6.42. The van der Waals surface area contributed by atoms with Crippen LogP contribution in [0.3, 0.4) is 0 Å². The van der Waals surface area contributed by atoms with E-state index in [-0.39, 0.29) is 0 Å². The molecule has 1 fully saturated rings. The van der Waals surface area contributed by atoms with E-state index in [1.807, 2.05) is 33.6 Å². The highest BCUT2D eigenvalue weighted by Crippen LogP contribution is 2.27. The fourth-order valence-corrected chi connectivity index (χ4v) is 3.35. The monoisotopic (exact) mass is 334 g/mol. The first-order valence-corrected chi connectivity index (χ1v) is 8.37. The van der Waals surface area contributed by atoms with Crippen molar-refractivity contribution in [3.05, 3.63) is 49.2 Å². The summed E-state index contributed by atoms with van der Waals surface area (Å²) in [4.78, 5) is 8.77. The number of nitrogens with one attached hydrogen (secondary N) is 1. The molecule has 1 saturated carbocycles. The Kier molecular flexibility index (Phi) is 3.21. The average Bonchev–Trinajstić information content (AvgIpc) is 3.23. The van der Waals surface area contributed by atoms with E-state index in [9.17, 15) is 0 Å². The first kappa shape index (κ1) is 14.4. The standard InChI is InChI=1S/C18H18N6O/c1-25-14-8-13(9-14)21-18-20-10-16-15(4-6-24(16)22-18)12-2-3-17-19-5-7-23(17)11-12/h2-7,10-11,13-14H,8-9H2,1H3,(H,21,22)/t13-,14-. The van der Waals surface area contributed by atoms with Gasteiger partial charge in [-0.25, -0.2) is 14.5 Å². The van der Waals surface area contributed by atoms with Crippen LogP contribution < -0.4 is 5.32 Å². The molecule has 0 radical (unpaired) electrons. The summed E-state index contributed by atoms with van der Waals surface area (Å²) in [6.45, 7) is 0. The molecule has 1 aliphatic rings. The van der Waals surface area contributed by atoms with Crippen LogP contribution in [0.25, 0.3) is 22.3 Å². The topological polar surface area (TPSA) is 68.8 Å². The van der Waals surface area contributed by atoms with Crippen LogP contribution >= 0.6 is 0 Å². The molecule has 0 atom stereocenters. The van der Waals surface area contributed by atoms with Gasteiger partial charge in [-0.3, -0.25) is 0 Å². The lowest BCUT2D eigenvalue weighted by atomic mass is 9.89. The highest BCUT2D eigenvalue weighted by molar-refractivity contribution is 5.80. The number of pyridine rings is 1. The lowest BCUT2D eigenvalue weighted by molar-refractivity contribution is 0.0326. The number of imidazole rings is 1. The van der Waals surface area contributed by atoms with Crippen LogP contribution in [-0.4, -0.2) is 43.2 Å². The highest BCUT2D eigenvalue weighted by Gasteiger charge is 2.29. The van der Waals surface area contributed by atoms with Crippen LogP contribution in [-0.2, 0) is 4.74 Å². The molecule has 0 bridgehead atoms. The summed E-state index contributed by atoms with van der Waals surface area (Å²) in [5.74, 6) is 0.652. The first-order valence-electron chi connectivity index (χ1n) is 8.37. The fraction of sp³-hybridized carbons (Fsp3) is 0.278. The molecular weight excluding hydrogens is 316 g/mol. The van der Waals surface area contributed by atoms with Gasteiger partial charge in [0.2, 0.25) is 5.95 Å². The number of hydrogen-bond donors (Lipinski definition) is 1. The van der Waals surface area contributed by atoms with Crippen molar-refractivity contribution in [2.45, 2.75) is 25.0 Å². The molecule has 0 spiro atoms. The minimum atomic E-state index is 0.359. The number of methoxy groups -OCH3 is 1. The molecule has 0 unspecified atom stereocenters. The maximum atomic E-state index is 5.31. The van der Waals surface area contributed by atoms with E-state index >= 15 is 0 Å². The molecule has 4 aromatic heterocycles. The molecule has 0 saturated heterocycles. The van der Waals surface area contributed by atoms with Crippen LogP contribution in [0, 0.1) is 0 Å². The molecule has 0 aliphatic heterocycles. The zero-order valence-electron chi connectivity index (χ0n) is 13.8. The molecule has 0 amide bonds. The molecule has 5 rings (SSSR count). The predicted molar refractivity (Wildman–Crippen MR) is 94.6 cm³/mol. The van der Waals surface area contributed by atoms with E-state index < -0.39 is 0 Å². The maximum absolute atomic E-state index is 5.31. The highest BCUT2D eigenvalue weighted by atomic mass is 16.5. The Hall–Kier alpha value is -2.93. The average molecular weight is 334 g/mol. The Labute approximate surface area is 144 Å². The Morgan fingerprint density at radius 3 is 2.96 bits per heavy atom. The zero-order valence-corrected chi connectivity index (χ0v) is 13.8. The fourth-order valence-electron chi connectivity index (χ4n) is 3.35. The summed E-state index contributed by atoms with van der Waals surface area (Å²) >= 11 is 0. The lowest BCUT2D eigenvalue weighted by Gasteiger charge is -2.34. The molecule has 7 nitrogen and oxygen atoms in total. The third-order valence-corrected chi connectivity index (χ3v) is 4.88. The first-order chi connectivity index (χ1) is 12.3. The molecule has 25 heavy (non-hydrogen) atoms. The van der Waals surface area contributed by atoms with E-state index in [0.717, 1.165) is 35.1 Å². The van der Waals surface area contributed by atoms with Crippen molar-refractivity contribution in [1.29, 1.82) is 0 Å². The summed E-state index contributed by atoms with van der Waals surface area (Å²) in [6, 6.07) is 6.54. The van der Waals surface area contributed by atoms with Crippen LogP contribution in [0.4, 0.5) is 5.95 Å². The van der Waals surface area contributed by atoms with Gasteiger partial charge in [0.25, 0.3) is 0 Å². The van der Waals surface area contributed by atoms with Gasteiger partial charge in [-0.2, -0.15) is 0 Å². The largest absolute Gasteiger partial charge is 0.381 e. The summed E-state index contributed by atoms with van der Waals surface area (Å²) in [6.07, 6.45) is 12.0. The van der Waals surface area contributed by atoms with Crippen molar-refractivity contribution in [2.24, 2.45) is 0 Å². The third kappa shape index (κ3) is 2.44. The van der Waals surface area contributed by atoms with Crippen molar-refractivity contribution in [3.63, 3.8) is 0 Å². The summed E-state index contributed by atoms with van der Waals surface area (Å²) in [7, 11) is 1.76. The molecule has 1 aliphatic carbocycles. The molecule has 7 heteroatoms. The number of rotatable bonds is 4.